The van der Waals surface area contributed by atoms with Crippen LogP contribution in [-0.2, 0) is 5.88 Å². The quantitative estimate of drug-likeness (QED) is 0.788. The summed E-state index contributed by atoms with van der Waals surface area (Å²) in [6.45, 7) is 1.83. The van der Waals surface area contributed by atoms with Gasteiger partial charge in [0.2, 0.25) is 5.76 Å². The van der Waals surface area contributed by atoms with Crippen LogP contribution in [0.1, 0.15) is 23.4 Å². The lowest BCUT2D eigenvalue weighted by Gasteiger charge is -2.00. The van der Waals surface area contributed by atoms with Gasteiger partial charge in [-0.3, -0.25) is 4.98 Å². The van der Waals surface area contributed by atoms with E-state index in [2.05, 4.69) is 14.7 Å². The third-order valence-corrected chi connectivity index (χ3v) is 2.60. The first-order valence-corrected chi connectivity index (χ1v) is 5.42. The van der Waals surface area contributed by atoms with E-state index in [1.807, 2.05) is 6.92 Å². The molecule has 0 atom stereocenters. The monoisotopic (exact) mass is 258 g/mol. The summed E-state index contributed by atoms with van der Waals surface area (Å²) in [5, 5.41) is 3.63. The first-order chi connectivity index (χ1) is 8.13. The minimum Gasteiger partial charge on any atom is -0.354 e. The molecule has 2 aromatic heterocycles. The summed E-state index contributed by atoms with van der Waals surface area (Å²) in [7, 11) is 0. The Morgan fingerprint density at radius 3 is 2.71 bits per heavy atom. The normalized spacial score (nSPS) is 11.1. The van der Waals surface area contributed by atoms with E-state index in [-0.39, 0.29) is 11.4 Å². The zero-order chi connectivity index (χ0) is 12.4. The van der Waals surface area contributed by atoms with Gasteiger partial charge >= 0.3 is 0 Å². The van der Waals surface area contributed by atoms with Gasteiger partial charge in [0.05, 0.1) is 5.88 Å². The van der Waals surface area contributed by atoms with Crippen LogP contribution in [0.15, 0.2) is 22.9 Å². The molecule has 0 aliphatic heterocycles. The summed E-state index contributed by atoms with van der Waals surface area (Å²) < 4.78 is 29.8. The summed E-state index contributed by atoms with van der Waals surface area (Å²) in [4.78, 5) is 4.07. The second-order valence-electron chi connectivity index (χ2n) is 3.50. The SMILES string of the molecule is Cc1ccc(-c2noc(C(F)F)c2CCl)cn1. The zero-order valence-electron chi connectivity index (χ0n) is 8.95. The van der Waals surface area contributed by atoms with Crippen LogP contribution in [0.2, 0.25) is 0 Å². The Morgan fingerprint density at radius 2 is 2.18 bits per heavy atom. The molecule has 0 N–H and O–H groups in total. The average Bonchev–Trinajstić information content (AvgIpc) is 2.73. The van der Waals surface area contributed by atoms with Crippen LogP contribution in [0.4, 0.5) is 8.78 Å². The lowest BCUT2D eigenvalue weighted by atomic mass is 10.1. The van der Waals surface area contributed by atoms with Crippen LogP contribution in [0.5, 0.6) is 0 Å². The van der Waals surface area contributed by atoms with Crippen molar-refractivity contribution in [1.29, 1.82) is 0 Å². The van der Waals surface area contributed by atoms with E-state index in [1.165, 1.54) is 0 Å². The molecule has 2 rings (SSSR count). The van der Waals surface area contributed by atoms with Gasteiger partial charge in [0.15, 0.2) is 0 Å². The van der Waals surface area contributed by atoms with E-state index >= 15 is 0 Å². The smallest absolute Gasteiger partial charge is 0.298 e. The lowest BCUT2D eigenvalue weighted by Crippen LogP contribution is -1.90. The zero-order valence-corrected chi connectivity index (χ0v) is 9.71. The third kappa shape index (κ3) is 2.29. The fourth-order valence-electron chi connectivity index (χ4n) is 1.46. The van der Waals surface area contributed by atoms with Gasteiger partial charge in [-0.25, -0.2) is 8.78 Å². The second kappa shape index (κ2) is 4.79. The molecule has 0 aliphatic carbocycles. The van der Waals surface area contributed by atoms with Crippen molar-refractivity contribution in [3.8, 4) is 11.3 Å². The highest BCUT2D eigenvalue weighted by Crippen LogP contribution is 2.32. The van der Waals surface area contributed by atoms with Gasteiger partial charge in [0, 0.05) is 23.0 Å². The van der Waals surface area contributed by atoms with Gasteiger partial charge in [0.1, 0.15) is 5.69 Å². The maximum absolute atomic E-state index is 12.6. The first kappa shape index (κ1) is 12.0. The highest BCUT2D eigenvalue weighted by molar-refractivity contribution is 6.17. The molecule has 0 radical (unpaired) electrons. The van der Waals surface area contributed by atoms with E-state index in [9.17, 15) is 8.78 Å². The highest BCUT2D eigenvalue weighted by Gasteiger charge is 2.23. The van der Waals surface area contributed by atoms with Crippen LogP contribution in [0.3, 0.4) is 0 Å². The Balaban J connectivity index is 2.48. The van der Waals surface area contributed by atoms with Crippen LogP contribution in [-0.4, -0.2) is 10.1 Å². The minimum atomic E-state index is -2.72. The molecule has 0 aliphatic rings. The average molecular weight is 259 g/mol. The van der Waals surface area contributed by atoms with Crippen molar-refractivity contribution in [3.05, 3.63) is 35.3 Å². The second-order valence-corrected chi connectivity index (χ2v) is 3.76. The highest BCUT2D eigenvalue weighted by atomic mass is 35.5. The number of nitrogens with zero attached hydrogens (tertiary/aromatic N) is 2. The predicted octanol–water partition coefficient (Wildman–Crippen LogP) is 3.72. The summed E-state index contributed by atoms with van der Waals surface area (Å²) >= 11 is 5.65. The van der Waals surface area contributed by atoms with Gasteiger partial charge in [-0.1, -0.05) is 5.16 Å². The molecular weight excluding hydrogens is 250 g/mol. The van der Waals surface area contributed by atoms with Crippen molar-refractivity contribution >= 4 is 11.6 Å². The van der Waals surface area contributed by atoms with Gasteiger partial charge in [-0.05, 0) is 19.1 Å². The van der Waals surface area contributed by atoms with Crippen molar-refractivity contribution in [2.45, 2.75) is 19.2 Å². The number of hydrogen-bond acceptors (Lipinski definition) is 3. The van der Waals surface area contributed by atoms with Gasteiger partial charge in [-0.15, -0.1) is 11.6 Å². The van der Waals surface area contributed by atoms with Crippen molar-refractivity contribution in [2.24, 2.45) is 0 Å². The molecule has 0 unspecified atom stereocenters. The molecular formula is C11H9ClF2N2O. The van der Waals surface area contributed by atoms with Crippen molar-refractivity contribution in [2.75, 3.05) is 0 Å². The molecule has 3 nitrogen and oxygen atoms in total. The largest absolute Gasteiger partial charge is 0.354 e. The Bertz CT molecular complexity index is 511. The molecule has 90 valence electrons. The molecule has 17 heavy (non-hydrogen) atoms. The van der Waals surface area contributed by atoms with E-state index in [1.54, 1.807) is 18.3 Å². The molecule has 0 bridgehead atoms. The van der Waals surface area contributed by atoms with Crippen molar-refractivity contribution in [3.63, 3.8) is 0 Å². The topological polar surface area (TPSA) is 38.9 Å². The van der Waals surface area contributed by atoms with Gasteiger partial charge in [-0.2, -0.15) is 0 Å². The maximum atomic E-state index is 12.6. The third-order valence-electron chi connectivity index (χ3n) is 2.34. The number of rotatable bonds is 3. The van der Waals surface area contributed by atoms with Gasteiger partial charge < -0.3 is 4.52 Å². The predicted molar refractivity (Wildman–Crippen MR) is 59.0 cm³/mol. The standard InChI is InChI=1S/C11H9ClF2N2O/c1-6-2-3-7(5-15-6)9-8(4-12)10(11(13)14)17-16-9/h2-3,5,11H,4H2,1H3. The van der Waals surface area contributed by atoms with Crippen molar-refractivity contribution < 1.29 is 13.3 Å². The van der Waals surface area contributed by atoms with Crippen molar-refractivity contribution in [1.82, 2.24) is 10.1 Å². The molecule has 0 fully saturated rings. The summed E-state index contributed by atoms with van der Waals surface area (Å²) in [5.74, 6) is -0.553. The summed E-state index contributed by atoms with van der Waals surface area (Å²) in [6.07, 6.45) is -1.17. The molecule has 6 heteroatoms. The summed E-state index contributed by atoms with van der Waals surface area (Å²) in [5.41, 5.74) is 1.98. The fourth-order valence-corrected chi connectivity index (χ4v) is 1.72. The molecule has 2 heterocycles. The van der Waals surface area contributed by atoms with E-state index in [0.717, 1.165) is 5.69 Å². The molecule has 0 aromatic carbocycles. The lowest BCUT2D eigenvalue weighted by molar-refractivity contribution is 0.111. The molecule has 0 saturated carbocycles. The number of hydrogen-bond donors (Lipinski definition) is 0. The molecule has 2 aromatic rings. The van der Waals surface area contributed by atoms with Gasteiger partial charge in [0.25, 0.3) is 6.43 Å². The number of alkyl halides is 3. The number of aryl methyl sites for hydroxylation is 1. The minimum absolute atomic E-state index is 0.0770. The molecule has 0 saturated heterocycles. The van der Waals surface area contributed by atoms with E-state index in [0.29, 0.717) is 11.3 Å². The van der Waals surface area contributed by atoms with Crippen LogP contribution < -0.4 is 0 Å². The Hall–Kier alpha value is -1.49. The molecule has 0 spiro atoms. The Morgan fingerprint density at radius 1 is 1.41 bits per heavy atom. The van der Waals surface area contributed by atoms with E-state index in [4.69, 9.17) is 11.6 Å². The number of pyridine rings is 1. The van der Waals surface area contributed by atoms with E-state index < -0.39 is 12.2 Å². The Labute approximate surface area is 101 Å². The maximum Gasteiger partial charge on any atom is 0.298 e. The molecule has 0 amide bonds. The number of halogens is 3. The first-order valence-electron chi connectivity index (χ1n) is 4.89. The summed E-state index contributed by atoms with van der Waals surface area (Å²) in [6, 6.07) is 3.51. The number of aromatic nitrogens is 2. The van der Waals surface area contributed by atoms with Crippen LogP contribution in [0, 0.1) is 6.92 Å². The van der Waals surface area contributed by atoms with Crippen LogP contribution in [0.25, 0.3) is 11.3 Å². The fraction of sp³-hybridized carbons (Fsp3) is 0.273. The Kier molecular flexibility index (Phi) is 3.38. The van der Waals surface area contributed by atoms with Crippen LogP contribution >= 0.6 is 11.6 Å².